The molecule has 2 aromatic heterocycles. The third-order valence-electron chi connectivity index (χ3n) is 4.30. The minimum absolute atomic E-state index is 0.198. The van der Waals surface area contributed by atoms with Gasteiger partial charge in [0, 0.05) is 42.1 Å². The monoisotopic (exact) mass is 297 g/mol. The van der Waals surface area contributed by atoms with Crippen molar-refractivity contribution in [2.75, 3.05) is 26.7 Å². The first-order valence-corrected chi connectivity index (χ1v) is 7.75. The van der Waals surface area contributed by atoms with E-state index in [9.17, 15) is 0 Å². The van der Waals surface area contributed by atoms with Crippen molar-refractivity contribution >= 4 is 21.8 Å². The molecule has 116 valence electrons. The lowest BCUT2D eigenvalue weighted by molar-refractivity contribution is 0.218. The molecule has 1 aromatic carbocycles. The van der Waals surface area contributed by atoms with Crippen LogP contribution in [0.5, 0.6) is 0 Å². The average Bonchev–Trinajstić information content (AvgIpc) is 2.80. The number of fused-ring (bicyclic) bond motifs is 3. The van der Waals surface area contributed by atoms with Crippen molar-refractivity contribution in [1.82, 2.24) is 14.5 Å². The lowest BCUT2D eigenvalue weighted by Gasteiger charge is -2.17. The van der Waals surface area contributed by atoms with Crippen molar-refractivity contribution in [2.24, 2.45) is 0 Å². The Kier molecular flexibility index (Phi) is 4.14. The van der Waals surface area contributed by atoms with E-state index in [1.165, 1.54) is 27.4 Å². The van der Waals surface area contributed by atoms with Crippen LogP contribution in [0.3, 0.4) is 0 Å². The smallest absolute Gasteiger partial charge is 0.0708 e. The molecule has 4 nitrogen and oxygen atoms in total. The van der Waals surface area contributed by atoms with Crippen LogP contribution in [-0.2, 0) is 6.54 Å². The highest BCUT2D eigenvalue weighted by Gasteiger charge is 2.13. The van der Waals surface area contributed by atoms with Gasteiger partial charge in [-0.05, 0) is 38.6 Å². The van der Waals surface area contributed by atoms with Crippen LogP contribution in [0.4, 0.5) is 0 Å². The molecule has 3 aromatic rings. The van der Waals surface area contributed by atoms with E-state index < -0.39 is 0 Å². The summed E-state index contributed by atoms with van der Waals surface area (Å²) < 4.78 is 2.37. The van der Waals surface area contributed by atoms with E-state index in [2.05, 4.69) is 52.6 Å². The highest BCUT2D eigenvalue weighted by Crippen LogP contribution is 2.30. The van der Waals surface area contributed by atoms with E-state index >= 15 is 0 Å². The predicted octanol–water partition coefficient (Wildman–Crippen LogP) is 2.73. The summed E-state index contributed by atoms with van der Waals surface area (Å²) in [5.74, 6) is 0. The Balaban J connectivity index is 2.14. The number of aliphatic hydroxyl groups is 1. The van der Waals surface area contributed by atoms with Crippen LogP contribution in [0, 0.1) is 13.8 Å². The molecule has 0 amide bonds. The summed E-state index contributed by atoms with van der Waals surface area (Å²) in [6, 6.07) is 8.73. The molecule has 1 N–H and O–H groups in total. The fourth-order valence-electron chi connectivity index (χ4n) is 3.12. The number of hydrogen-bond donors (Lipinski definition) is 1. The van der Waals surface area contributed by atoms with E-state index in [1.54, 1.807) is 0 Å². The Morgan fingerprint density at radius 3 is 2.73 bits per heavy atom. The normalized spacial score (nSPS) is 11.9. The largest absolute Gasteiger partial charge is 0.395 e. The zero-order chi connectivity index (χ0) is 15.7. The molecule has 0 aliphatic rings. The molecule has 0 aliphatic heterocycles. The van der Waals surface area contributed by atoms with Gasteiger partial charge in [-0.25, -0.2) is 0 Å². The molecule has 0 aliphatic carbocycles. The minimum Gasteiger partial charge on any atom is -0.395 e. The first-order chi connectivity index (χ1) is 10.6. The van der Waals surface area contributed by atoms with E-state index in [-0.39, 0.29) is 6.61 Å². The van der Waals surface area contributed by atoms with Crippen molar-refractivity contribution in [3.63, 3.8) is 0 Å². The van der Waals surface area contributed by atoms with Gasteiger partial charge in [-0.3, -0.25) is 4.98 Å². The zero-order valence-corrected chi connectivity index (χ0v) is 13.5. The summed E-state index contributed by atoms with van der Waals surface area (Å²) in [6.07, 6.45) is 1.89. The molecule has 22 heavy (non-hydrogen) atoms. The quantitative estimate of drug-likeness (QED) is 0.787. The maximum absolute atomic E-state index is 9.06. The summed E-state index contributed by atoms with van der Waals surface area (Å²) in [7, 11) is 2.04. The Labute approximate surface area is 131 Å². The number of aryl methyl sites for hydroxylation is 2. The summed E-state index contributed by atoms with van der Waals surface area (Å²) >= 11 is 0. The molecule has 0 saturated heterocycles. The van der Waals surface area contributed by atoms with Crippen molar-refractivity contribution in [1.29, 1.82) is 0 Å². The third-order valence-corrected chi connectivity index (χ3v) is 4.30. The average molecular weight is 297 g/mol. The summed E-state index contributed by atoms with van der Waals surface area (Å²) in [5.41, 5.74) is 4.83. The summed E-state index contributed by atoms with van der Waals surface area (Å²) in [5, 5.41) is 11.6. The molecule has 0 atom stereocenters. The SMILES string of the molecule is Cc1ccc2c3ccnc(C)c3n(CCN(C)CCO)c2c1. The van der Waals surface area contributed by atoms with Gasteiger partial charge in [0.2, 0.25) is 0 Å². The number of pyridine rings is 1. The molecule has 0 radical (unpaired) electrons. The van der Waals surface area contributed by atoms with Gasteiger partial charge in [-0.15, -0.1) is 0 Å². The highest BCUT2D eigenvalue weighted by molar-refractivity contribution is 6.08. The van der Waals surface area contributed by atoms with Gasteiger partial charge in [0.15, 0.2) is 0 Å². The van der Waals surface area contributed by atoms with Crippen molar-refractivity contribution in [3.05, 3.63) is 41.7 Å². The molecule has 0 spiro atoms. The third kappa shape index (κ3) is 2.60. The number of benzene rings is 1. The standard InChI is InChI=1S/C18H23N3O/c1-13-4-5-15-16-6-7-19-14(2)18(16)21(17(15)12-13)9-8-20(3)10-11-22/h4-7,12,22H,8-11H2,1-3H3. The topological polar surface area (TPSA) is 41.3 Å². The van der Waals surface area contributed by atoms with Crippen molar-refractivity contribution in [2.45, 2.75) is 20.4 Å². The first kappa shape index (κ1) is 15.0. The molecule has 0 unspecified atom stereocenters. The van der Waals surface area contributed by atoms with Crippen LogP contribution in [0.25, 0.3) is 21.8 Å². The van der Waals surface area contributed by atoms with Gasteiger partial charge >= 0.3 is 0 Å². The number of aliphatic hydroxyl groups excluding tert-OH is 1. The predicted molar refractivity (Wildman–Crippen MR) is 91.3 cm³/mol. The van der Waals surface area contributed by atoms with Gasteiger partial charge in [0.25, 0.3) is 0 Å². The van der Waals surface area contributed by atoms with E-state index in [1.807, 2.05) is 13.2 Å². The van der Waals surface area contributed by atoms with Gasteiger partial charge < -0.3 is 14.6 Å². The fourth-order valence-corrected chi connectivity index (χ4v) is 3.12. The van der Waals surface area contributed by atoms with Crippen LogP contribution in [-0.4, -0.2) is 46.3 Å². The zero-order valence-electron chi connectivity index (χ0n) is 13.5. The van der Waals surface area contributed by atoms with Crippen molar-refractivity contribution in [3.8, 4) is 0 Å². The number of hydrogen-bond acceptors (Lipinski definition) is 3. The first-order valence-electron chi connectivity index (χ1n) is 7.75. The van der Waals surface area contributed by atoms with Crippen LogP contribution < -0.4 is 0 Å². The van der Waals surface area contributed by atoms with Crippen LogP contribution >= 0.6 is 0 Å². The summed E-state index contributed by atoms with van der Waals surface area (Å²) in [6.45, 7) is 6.90. The molecule has 0 saturated carbocycles. The second kappa shape index (κ2) is 6.07. The van der Waals surface area contributed by atoms with Gasteiger partial charge in [-0.2, -0.15) is 0 Å². The fraction of sp³-hybridized carbons (Fsp3) is 0.389. The number of rotatable bonds is 5. The number of likely N-dealkylation sites (N-methyl/N-ethyl adjacent to an activating group) is 1. The second-order valence-corrected chi connectivity index (χ2v) is 5.99. The maximum atomic E-state index is 9.06. The molecular weight excluding hydrogens is 274 g/mol. The molecule has 0 bridgehead atoms. The van der Waals surface area contributed by atoms with Gasteiger partial charge in [0.05, 0.1) is 17.8 Å². The molecule has 0 fully saturated rings. The Morgan fingerprint density at radius 1 is 1.14 bits per heavy atom. The molecular formula is C18H23N3O. The molecule has 3 rings (SSSR count). The summed E-state index contributed by atoms with van der Waals surface area (Å²) in [4.78, 5) is 6.63. The maximum Gasteiger partial charge on any atom is 0.0708 e. The second-order valence-electron chi connectivity index (χ2n) is 5.99. The van der Waals surface area contributed by atoms with E-state index in [4.69, 9.17) is 5.11 Å². The van der Waals surface area contributed by atoms with Crippen molar-refractivity contribution < 1.29 is 5.11 Å². The molecule has 2 heterocycles. The van der Waals surface area contributed by atoms with E-state index in [0.717, 1.165) is 18.8 Å². The minimum atomic E-state index is 0.198. The van der Waals surface area contributed by atoms with Crippen LogP contribution in [0.1, 0.15) is 11.3 Å². The van der Waals surface area contributed by atoms with Gasteiger partial charge in [-0.1, -0.05) is 12.1 Å². The number of aromatic nitrogens is 2. The Hall–Kier alpha value is -1.91. The molecule has 4 heteroatoms. The van der Waals surface area contributed by atoms with Crippen LogP contribution in [0.2, 0.25) is 0 Å². The van der Waals surface area contributed by atoms with E-state index in [0.29, 0.717) is 6.54 Å². The lowest BCUT2D eigenvalue weighted by atomic mass is 10.1. The number of nitrogens with zero attached hydrogens (tertiary/aromatic N) is 3. The van der Waals surface area contributed by atoms with Gasteiger partial charge in [0.1, 0.15) is 0 Å². The lowest BCUT2D eigenvalue weighted by Crippen LogP contribution is -2.26. The highest BCUT2D eigenvalue weighted by atomic mass is 16.3. The Bertz CT molecular complexity index is 807. The van der Waals surface area contributed by atoms with Crippen LogP contribution in [0.15, 0.2) is 30.5 Å². The Morgan fingerprint density at radius 2 is 1.95 bits per heavy atom.